The molecule has 4 saturated heterocycles. The summed E-state index contributed by atoms with van der Waals surface area (Å²) in [6, 6.07) is 31.1. The molecule has 12 N–H and O–H groups in total. The number of aromatic nitrogens is 8. The zero-order chi connectivity index (χ0) is 86.7. The summed E-state index contributed by atoms with van der Waals surface area (Å²) in [6.45, 7) is 24.9. The molecule has 0 aliphatic carbocycles. The van der Waals surface area contributed by atoms with Gasteiger partial charge in [-0.25, -0.2) is 49.5 Å². The van der Waals surface area contributed by atoms with Gasteiger partial charge in [-0.1, -0.05) is 98.6 Å². The summed E-state index contributed by atoms with van der Waals surface area (Å²) >= 11 is 0. The van der Waals surface area contributed by atoms with E-state index in [4.69, 9.17) is 56.5 Å². The van der Waals surface area contributed by atoms with Crippen LogP contribution in [0.3, 0.4) is 0 Å². The van der Waals surface area contributed by atoms with Gasteiger partial charge >= 0.3 is 12.2 Å². The molecule has 8 aromatic rings. The highest BCUT2D eigenvalue weighted by Crippen LogP contribution is 2.33. The third-order valence-electron chi connectivity index (χ3n) is 20.3. The van der Waals surface area contributed by atoms with E-state index < -0.39 is 12.2 Å². The Labute approximate surface area is 707 Å². The molecule has 1 unspecified atom stereocenters. The van der Waals surface area contributed by atoms with E-state index in [9.17, 15) is 19.2 Å². The van der Waals surface area contributed by atoms with Crippen molar-refractivity contribution in [3.05, 3.63) is 161 Å². The highest BCUT2D eigenvalue weighted by Gasteiger charge is 2.31. The Morgan fingerprint density at radius 2 is 0.702 bits per heavy atom. The fourth-order valence-corrected chi connectivity index (χ4v) is 13.8. The predicted octanol–water partition coefficient (Wildman–Crippen LogP) is 13.2. The lowest BCUT2D eigenvalue weighted by atomic mass is 9.93. The molecule has 0 spiro atoms. The van der Waals surface area contributed by atoms with E-state index in [0.717, 1.165) is 74.1 Å². The highest BCUT2D eigenvalue weighted by molar-refractivity contribution is 5.95. The highest BCUT2D eigenvalue weighted by atomic mass is 16.6. The maximum Gasteiger partial charge on any atom is 0.411 e. The molecular weight excluding hydrogens is 1550 g/mol. The molecule has 4 amide bonds. The number of ether oxygens (including phenoxy) is 3. The first-order chi connectivity index (χ1) is 58.4. The molecule has 4 aliphatic rings. The number of amides is 4. The van der Waals surface area contributed by atoms with E-state index >= 15 is 0 Å². The summed E-state index contributed by atoms with van der Waals surface area (Å²) in [5.74, 6) is 7.04. The van der Waals surface area contributed by atoms with Crippen molar-refractivity contribution < 1.29 is 52.7 Å². The van der Waals surface area contributed by atoms with E-state index in [2.05, 4.69) is 167 Å². The third kappa shape index (κ3) is 28.5. The first-order valence-corrected chi connectivity index (χ1v) is 40.8. The second-order valence-electron chi connectivity index (χ2n) is 30.4. The van der Waals surface area contributed by atoms with Gasteiger partial charge in [0.05, 0.1) is 53.2 Å². The van der Waals surface area contributed by atoms with Gasteiger partial charge in [-0.05, 0) is 147 Å². The van der Waals surface area contributed by atoms with Gasteiger partial charge in [-0.3, -0.25) is 20.2 Å². The Kier molecular flexibility index (Phi) is 35.4. The van der Waals surface area contributed by atoms with Crippen molar-refractivity contribution in [1.82, 2.24) is 39.9 Å². The Morgan fingerprint density at radius 3 is 1.03 bits per heavy atom. The maximum atomic E-state index is 12.5. The monoisotopic (exact) mass is 1660 g/mol. The number of anilines is 12. The Morgan fingerprint density at radius 1 is 0.405 bits per heavy atom. The van der Waals surface area contributed by atoms with Crippen molar-refractivity contribution in [3.63, 3.8) is 0 Å². The van der Waals surface area contributed by atoms with E-state index in [1.807, 2.05) is 81.4 Å². The lowest BCUT2D eigenvalue weighted by Crippen LogP contribution is -2.39. The molecule has 12 rings (SSSR count). The van der Waals surface area contributed by atoms with Crippen molar-refractivity contribution >= 4 is 118 Å². The molecule has 4 aromatic carbocycles. The van der Waals surface area contributed by atoms with E-state index in [-0.39, 0.29) is 36.0 Å². The SMILES string of the molecule is CCO/N=C/c1c(N)ncnc1N1CCC(OC(=O)Nc2ccc(OC(C)C)cc2)CC1.CO/N=C/c1c(N)ncnc1N1CCC(CC(=O)Nc2ccc(C(C)C)cc2)C1.CO/N=C/c1c(N)ncnc1N1CCC(CC(=O)Nc2ccc(C(C)C)cc2)CC1.CO/N=C/c1c(N)ncnc1N1CCC(OC(=O)Nc2ccc(C(C)C)cc2)CC1. The number of benzene rings is 4. The Bertz CT molecular complexity index is 4560. The van der Waals surface area contributed by atoms with E-state index in [1.165, 1.54) is 88.2 Å². The standard InChI is InChI=1S/C22H30N6O4.C22H30N6O2.C21H28N6O3.C21H28N6O2/c1-4-30-26-13-19-20(23)24-14-25-21(19)28-11-9-18(10-12-28)32-22(29)27-16-5-7-17(8-6-16)31-15(2)3;1-15(2)17-4-6-18(7-5-17)27-20(29)12-16-8-10-28(11-9-16)22-19(13-26-30-3)21(23)24-14-25-22;1-14(2)15-4-6-16(7-5-15)26-21(28)30-17-8-10-27(11-9-17)20-18(12-25-29-3)19(22)23-13-24-20;1-14(2)16-4-6-17(7-5-16)26-19(28)10-15-8-9-27(12-15)21-18(11-25-29-3)20(22)23-13-24-21/h5-8,13-15,18H,4,9-12H2,1-3H3,(H,27,29)(H2,23,24,25);4-7,13-16H,8-12H2,1-3H3,(H,27,29)(H2,23,24,25);4-7,12-14,17H,8-11H2,1-3H3,(H,26,28)(H2,22,23,24);4-7,11,13-15H,8-10,12H2,1-3H3,(H,26,28)(H2,22,23,24)/b2*26-13+;25-12+;25-11+. The van der Waals surface area contributed by atoms with Crippen LogP contribution in [0.5, 0.6) is 5.75 Å². The Balaban J connectivity index is 0.000000183. The van der Waals surface area contributed by atoms with Gasteiger partial charge in [-0.15, -0.1) is 0 Å². The number of nitrogens with two attached hydrogens (primary N) is 4. The summed E-state index contributed by atoms with van der Waals surface area (Å²) in [7, 11) is 4.41. The summed E-state index contributed by atoms with van der Waals surface area (Å²) in [5.41, 5.74) is 33.2. The van der Waals surface area contributed by atoms with Gasteiger partial charge in [0.2, 0.25) is 11.8 Å². The number of hydrogen-bond donors (Lipinski definition) is 8. The fraction of sp³-hybridized carbons (Fsp3) is 0.442. The van der Waals surface area contributed by atoms with Crippen LogP contribution in [0.4, 0.5) is 78.9 Å². The predicted molar refractivity (Wildman–Crippen MR) is 475 cm³/mol. The lowest BCUT2D eigenvalue weighted by Gasteiger charge is -2.33. The zero-order valence-electron chi connectivity index (χ0n) is 71.2. The molecule has 0 radical (unpaired) electrons. The first kappa shape index (κ1) is 91.7. The first-order valence-electron chi connectivity index (χ1n) is 40.8. The van der Waals surface area contributed by atoms with Crippen molar-refractivity contribution in [1.29, 1.82) is 0 Å². The average Bonchev–Trinajstić information content (AvgIpc) is 1.72. The number of hydrogen-bond acceptors (Lipinski definition) is 31. The number of nitrogens with zero attached hydrogens (tertiary/aromatic N) is 16. The molecule has 4 fully saturated rings. The van der Waals surface area contributed by atoms with Crippen LogP contribution in [0.15, 0.2) is 143 Å². The van der Waals surface area contributed by atoms with Crippen molar-refractivity contribution in [2.24, 2.45) is 32.5 Å². The molecule has 0 saturated carbocycles. The maximum absolute atomic E-state index is 12.5. The van der Waals surface area contributed by atoms with Crippen LogP contribution in [0.25, 0.3) is 0 Å². The molecule has 121 heavy (non-hydrogen) atoms. The summed E-state index contributed by atoms with van der Waals surface area (Å²) in [4.78, 5) is 111. The average molecular weight is 1660 g/mol. The van der Waals surface area contributed by atoms with Crippen LogP contribution < -0.4 is 68.5 Å². The molecular formula is C86H116N24O11. The van der Waals surface area contributed by atoms with Gasteiger partial charge in [0.15, 0.2) is 0 Å². The van der Waals surface area contributed by atoms with Crippen LogP contribution in [0, 0.1) is 11.8 Å². The number of oxime groups is 4. The summed E-state index contributed by atoms with van der Waals surface area (Å²) in [6.07, 6.45) is 17.1. The van der Waals surface area contributed by atoms with Crippen LogP contribution >= 0.6 is 0 Å². The normalized spacial score (nSPS) is 15.2. The van der Waals surface area contributed by atoms with Gasteiger partial charge in [-0.2, -0.15) is 0 Å². The molecule has 8 heterocycles. The van der Waals surface area contributed by atoms with Crippen molar-refractivity contribution in [2.75, 3.05) is 144 Å². The summed E-state index contributed by atoms with van der Waals surface area (Å²) < 4.78 is 16.8. The van der Waals surface area contributed by atoms with Crippen molar-refractivity contribution in [3.8, 4) is 5.75 Å². The zero-order valence-corrected chi connectivity index (χ0v) is 71.2. The van der Waals surface area contributed by atoms with Gasteiger partial charge in [0.25, 0.3) is 0 Å². The number of nitrogen functional groups attached to an aromatic ring is 4. The largest absolute Gasteiger partial charge is 0.491 e. The number of nitrogens with one attached hydrogen (secondary N) is 4. The second-order valence-corrected chi connectivity index (χ2v) is 30.4. The van der Waals surface area contributed by atoms with Gasteiger partial charge in [0, 0.05) is 114 Å². The fourth-order valence-electron chi connectivity index (χ4n) is 13.8. The number of carbonyl (C=O) groups is 4. The molecule has 35 heteroatoms. The van der Waals surface area contributed by atoms with Crippen LogP contribution in [0.1, 0.15) is 177 Å². The molecule has 35 nitrogen and oxygen atoms in total. The number of rotatable bonds is 28. The van der Waals surface area contributed by atoms with Crippen LogP contribution in [0.2, 0.25) is 0 Å². The second kappa shape index (κ2) is 46.8. The van der Waals surface area contributed by atoms with E-state index in [0.29, 0.717) is 164 Å². The third-order valence-corrected chi connectivity index (χ3v) is 20.3. The minimum absolute atomic E-state index is 0.0255. The smallest absolute Gasteiger partial charge is 0.411 e. The van der Waals surface area contributed by atoms with Crippen molar-refractivity contribution in [2.45, 2.75) is 156 Å². The number of carbonyl (C=O) groups excluding carboxylic acids is 4. The topological polar surface area (TPSA) is 451 Å². The Hall–Kier alpha value is -13.2. The molecule has 4 aromatic heterocycles. The minimum Gasteiger partial charge on any atom is -0.491 e. The lowest BCUT2D eigenvalue weighted by molar-refractivity contribution is -0.117. The van der Waals surface area contributed by atoms with E-state index in [1.54, 1.807) is 12.1 Å². The summed E-state index contributed by atoms with van der Waals surface area (Å²) in [5, 5.41) is 26.8. The molecule has 1 atom stereocenters. The molecule has 646 valence electrons. The van der Waals surface area contributed by atoms with Crippen LogP contribution in [-0.2, 0) is 38.4 Å². The quantitative estimate of drug-likeness (QED) is 0.0167. The number of piperidine rings is 3. The van der Waals surface area contributed by atoms with Gasteiger partial charge < -0.3 is 86.7 Å². The minimum atomic E-state index is -0.475. The van der Waals surface area contributed by atoms with Gasteiger partial charge in [0.1, 0.15) is 118 Å². The van der Waals surface area contributed by atoms with Crippen LogP contribution in [-0.4, -0.2) is 187 Å². The molecule has 0 bridgehead atoms. The molecule has 4 aliphatic heterocycles.